The van der Waals surface area contributed by atoms with Crippen LogP contribution in [-0.4, -0.2) is 22.8 Å². The highest BCUT2D eigenvalue weighted by atomic mass is 16.2. The number of aryl methyl sites for hydroxylation is 1. The molecule has 0 saturated carbocycles. The molecule has 0 unspecified atom stereocenters. The van der Waals surface area contributed by atoms with Gasteiger partial charge in [-0.05, 0) is 36.8 Å². The zero-order valence-electron chi connectivity index (χ0n) is 13.6. The summed E-state index contributed by atoms with van der Waals surface area (Å²) in [7, 11) is 0. The number of para-hydroxylation sites is 1. The van der Waals surface area contributed by atoms with Crippen LogP contribution in [0.4, 0.5) is 0 Å². The standard InChI is InChI=1S/C18H23N3O2/c1-10(2)16(17(19)22)21-18(23)11-7-8-15-13(9-11)12-5-3-4-6-14(12)20-15/h3-6,10-11,16,20H,7-9H2,1-2H3,(H2,19,22)(H,21,23)/t11-,16-/m0/s1. The average molecular weight is 313 g/mol. The maximum atomic E-state index is 12.6. The van der Waals surface area contributed by atoms with Crippen LogP contribution in [0.15, 0.2) is 24.3 Å². The van der Waals surface area contributed by atoms with E-state index in [0.717, 1.165) is 18.4 Å². The van der Waals surface area contributed by atoms with E-state index in [2.05, 4.69) is 22.4 Å². The number of carbonyl (C=O) groups is 2. The number of amides is 2. The Labute approximate surface area is 135 Å². The van der Waals surface area contributed by atoms with Gasteiger partial charge in [0.2, 0.25) is 11.8 Å². The number of aromatic nitrogens is 1. The zero-order valence-corrected chi connectivity index (χ0v) is 13.6. The van der Waals surface area contributed by atoms with Crippen molar-refractivity contribution >= 4 is 22.7 Å². The van der Waals surface area contributed by atoms with Crippen molar-refractivity contribution in [1.82, 2.24) is 10.3 Å². The van der Waals surface area contributed by atoms with Gasteiger partial charge in [0.05, 0.1) is 0 Å². The third-order valence-electron chi connectivity index (χ3n) is 4.74. The molecule has 1 aromatic carbocycles. The topological polar surface area (TPSA) is 88.0 Å². The molecule has 0 bridgehead atoms. The first-order valence-corrected chi connectivity index (χ1v) is 8.15. The van der Waals surface area contributed by atoms with Crippen LogP contribution < -0.4 is 11.1 Å². The zero-order chi connectivity index (χ0) is 16.6. The fourth-order valence-corrected chi connectivity index (χ4v) is 3.43. The fourth-order valence-electron chi connectivity index (χ4n) is 3.43. The van der Waals surface area contributed by atoms with Gasteiger partial charge in [-0.25, -0.2) is 0 Å². The normalized spacial score (nSPS) is 18.7. The summed E-state index contributed by atoms with van der Waals surface area (Å²) in [5, 5.41) is 4.02. The molecule has 4 N–H and O–H groups in total. The second kappa shape index (κ2) is 6.07. The third-order valence-corrected chi connectivity index (χ3v) is 4.74. The number of benzene rings is 1. The van der Waals surface area contributed by atoms with Crippen molar-refractivity contribution in [2.24, 2.45) is 17.6 Å². The second-order valence-corrected chi connectivity index (χ2v) is 6.70. The Morgan fingerprint density at radius 3 is 2.74 bits per heavy atom. The first-order chi connectivity index (χ1) is 11.0. The van der Waals surface area contributed by atoms with Gasteiger partial charge in [-0.3, -0.25) is 9.59 Å². The maximum absolute atomic E-state index is 12.6. The van der Waals surface area contributed by atoms with Gasteiger partial charge in [-0.1, -0.05) is 32.0 Å². The van der Waals surface area contributed by atoms with Crippen LogP contribution in [0.5, 0.6) is 0 Å². The van der Waals surface area contributed by atoms with Gasteiger partial charge < -0.3 is 16.0 Å². The molecule has 1 aromatic heterocycles. The van der Waals surface area contributed by atoms with E-state index in [9.17, 15) is 9.59 Å². The number of primary amides is 1. The Morgan fingerprint density at radius 2 is 2.04 bits per heavy atom. The van der Waals surface area contributed by atoms with E-state index in [4.69, 9.17) is 5.73 Å². The third kappa shape index (κ3) is 2.96. The van der Waals surface area contributed by atoms with Gasteiger partial charge in [0.25, 0.3) is 0 Å². The summed E-state index contributed by atoms with van der Waals surface area (Å²) in [6.07, 6.45) is 2.34. The lowest BCUT2D eigenvalue weighted by molar-refractivity contribution is -0.131. The Hall–Kier alpha value is -2.30. The van der Waals surface area contributed by atoms with Gasteiger partial charge in [0.15, 0.2) is 0 Å². The van der Waals surface area contributed by atoms with E-state index in [0.29, 0.717) is 6.42 Å². The molecule has 0 saturated heterocycles. The maximum Gasteiger partial charge on any atom is 0.240 e. The van der Waals surface area contributed by atoms with Crippen LogP contribution in [0.25, 0.3) is 10.9 Å². The molecule has 1 heterocycles. The number of aromatic amines is 1. The molecule has 0 radical (unpaired) electrons. The minimum Gasteiger partial charge on any atom is -0.368 e. The average Bonchev–Trinajstić information content (AvgIpc) is 2.89. The molecule has 23 heavy (non-hydrogen) atoms. The molecular formula is C18H23N3O2. The molecule has 0 spiro atoms. The molecule has 3 rings (SSSR count). The van der Waals surface area contributed by atoms with Crippen LogP contribution in [0.3, 0.4) is 0 Å². The lowest BCUT2D eigenvalue weighted by atomic mass is 9.85. The predicted octanol–water partition coefficient (Wildman–Crippen LogP) is 1.90. The molecule has 122 valence electrons. The summed E-state index contributed by atoms with van der Waals surface area (Å²) in [5.74, 6) is -0.665. The number of nitrogens with one attached hydrogen (secondary N) is 2. The van der Waals surface area contributed by atoms with Crippen molar-refractivity contribution in [3.8, 4) is 0 Å². The van der Waals surface area contributed by atoms with E-state index in [1.165, 1.54) is 16.6 Å². The van der Waals surface area contributed by atoms with Crippen molar-refractivity contribution in [2.45, 2.75) is 39.2 Å². The largest absolute Gasteiger partial charge is 0.368 e. The highest BCUT2D eigenvalue weighted by Crippen LogP contribution is 2.31. The van der Waals surface area contributed by atoms with E-state index in [1.807, 2.05) is 26.0 Å². The molecule has 1 aliphatic carbocycles. The van der Waals surface area contributed by atoms with Crippen molar-refractivity contribution in [2.75, 3.05) is 0 Å². The minimum atomic E-state index is -0.605. The number of rotatable bonds is 4. The first kappa shape index (κ1) is 15.6. The smallest absolute Gasteiger partial charge is 0.240 e. The number of carbonyl (C=O) groups excluding carboxylic acids is 2. The lowest BCUT2D eigenvalue weighted by Crippen LogP contribution is -2.50. The van der Waals surface area contributed by atoms with Gasteiger partial charge in [0.1, 0.15) is 6.04 Å². The number of hydrogen-bond acceptors (Lipinski definition) is 2. The summed E-state index contributed by atoms with van der Waals surface area (Å²) in [4.78, 5) is 27.5. The second-order valence-electron chi connectivity index (χ2n) is 6.70. The molecule has 2 atom stereocenters. The van der Waals surface area contributed by atoms with E-state index in [1.54, 1.807) is 0 Å². The van der Waals surface area contributed by atoms with Crippen molar-refractivity contribution in [3.63, 3.8) is 0 Å². The Kier molecular flexibility index (Phi) is 4.11. The monoisotopic (exact) mass is 313 g/mol. The Bertz CT molecular complexity index is 748. The molecule has 5 nitrogen and oxygen atoms in total. The Morgan fingerprint density at radius 1 is 1.30 bits per heavy atom. The van der Waals surface area contributed by atoms with Crippen molar-refractivity contribution in [3.05, 3.63) is 35.5 Å². The van der Waals surface area contributed by atoms with Crippen LogP contribution in [0, 0.1) is 11.8 Å². The number of H-pyrrole nitrogens is 1. The van der Waals surface area contributed by atoms with Crippen molar-refractivity contribution < 1.29 is 9.59 Å². The fraction of sp³-hybridized carbons (Fsp3) is 0.444. The quantitative estimate of drug-likeness (QED) is 0.805. The van der Waals surface area contributed by atoms with Gasteiger partial charge in [-0.2, -0.15) is 0 Å². The number of fused-ring (bicyclic) bond motifs is 3. The summed E-state index contributed by atoms with van der Waals surface area (Å²) in [5.41, 5.74) is 8.97. The molecule has 0 fully saturated rings. The predicted molar refractivity (Wildman–Crippen MR) is 89.8 cm³/mol. The molecule has 2 amide bonds. The number of hydrogen-bond donors (Lipinski definition) is 3. The van der Waals surface area contributed by atoms with Gasteiger partial charge in [0, 0.05) is 22.5 Å². The Balaban J connectivity index is 1.78. The van der Waals surface area contributed by atoms with E-state index < -0.39 is 11.9 Å². The molecular weight excluding hydrogens is 290 g/mol. The highest BCUT2D eigenvalue weighted by molar-refractivity contribution is 5.89. The molecule has 5 heteroatoms. The summed E-state index contributed by atoms with van der Waals surface area (Å²) >= 11 is 0. The molecule has 0 aliphatic heterocycles. The van der Waals surface area contributed by atoms with Crippen LogP contribution in [0.1, 0.15) is 31.5 Å². The van der Waals surface area contributed by atoms with E-state index >= 15 is 0 Å². The van der Waals surface area contributed by atoms with Gasteiger partial charge >= 0.3 is 0 Å². The number of nitrogens with two attached hydrogens (primary N) is 1. The van der Waals surface area contributed by atoms with Crippen LogP contribution >= 0.6 is 0 Å². The summed E-state index contributed by atoms with van der Waals surface area (Å²) in [6.45, 7) is 3.77. The summed E-state index contributed by atoms with van der Waals surface area (Å²) in [6, 6.07) is 7.57. The highest BCUT2D eigenvalue weighted by Gasteiger charge is 2.30. The summed E-state index contributed by atoms with van der Waals surface area (Å²) < 4.78 is 0. The SMILES string of the molecule is CC(C)[C@H](NC(=O)[C@H]1CCc2[nH]c3ccccc3c2C1)C(N)=O. The van der Waals surface area contributed by atoms with E-state index in [-0.39, 0.29) is 17.7 Å². The van der Waals surface area contributed by atoms with Crippen molar-refractivity contribution in [1.29, 1.82) is 0 Å². The molecule has 2 aromatic rings. The van der Waals surface area contributed by atoms with Crippen LogP contribution in [0.2, 0.25) is 0 Å². The lowest BCUT2D eigenvalue weighted by Gasteiger charge is -2.25. The van der Waals surface area contributed by atoms with Gasteiger partial charge in [-0.15, -0.1) is 0 Å². The minimum absolute atomic E-state index is 0.0105. The molecule has 1 aliphatic rings. The first-order valence-electron chi connectivity index (χ1n) is 8.15. The van der Waals surface area contributed by atoms with Crippen LogP contribution in [-0.2, 0) is 22.4 Å².